The minimum absolute atomic E-state index is 0.100. The van der Waals surface area contributed by atoms with Crippen LogP contribution in [0.2, 0.25) is 0 Å². The Morgan fingerprint density at radius 2 is 2.19 bits per heavy atom. The zero-order valence-corrected chi connectivity index (χ0v) is 14.7. The highest BCUT2D eigenvalue weighted by Crippen LogP contribution is 2.38. The molecule has 1 aromatic carbocycles. The molecule has 0 saturated heterocycles. The van der Waals surface area contributed by atoms with E-state index in [1.54, 1.807) is 25.4 Å². The largest absolute Gasteiger partial charge is 0.481 e. The second-order valence-electron chi connectivity index (χ2n) is 6.69. The van der Waals surface area contributed by atoms with Crippen LogP contribution in [0, 0.1) is 11.7 Å². The molecule has 1 saturated carbocycles. The Balaban J connectivity index is 1.63. The Morgan fingerprint density at radius 1 is 1.38 bits per heavy atom. The summed E-state index contributed by atoms with van der Waals surface area (Å²) in [5.74, 6) is 0.293. The minimum Gasteiger partial charge on any atom is -0.481 e. The number of nitrogens with one attached hydrogen (secondary N) is 1. The third-order valence-corrected chi connectivity index (χ3v) is 4.79. The molecular formula is C20H23FN2O3. The van der Waals surface area contributed by atoms with E-state index in [2.05, 4.69) is 10.3 Å². The molecule has 0 aliphatic heterocycles. The van der Waals surface area contributed by atoms with Crippen LogP contribution in [0.15, 0.2) is 42.6 Å². The lowest BCUT2D eigenvalue weighted by Crippen LogP contribution is -2.41. The van der Waals surface area contributed by atoms with Gasteiger partial charge in [0.2, 0.25) is 11.8 Å². The van der Waals surface area contributed by atoms with Crippen molar-refractivity contribution < 1.29 is 19.0 Å². The lowest BCUT2D eigenvalue weighted by molar-refractivity contribution is -0.123. The van der Waals surface area contributed by atoms with Gasteiger partial charge in [-0.25, -0.2) is 9.37 Å². The van der Waals surface area contributed by atoms with Crippen LogP contribution in [0.25, 0.3) is 0 Å². The monoisotopic (exact) mass is 358 g/mol. The molecule has 3 rings (SSSR count). The van der Waals surface area contributed by atoms with Gasteiger partial charge in [-0.1, -0.05) is 18.2 Å². The smallest absolute Gasteiger partial charge is 0.220 e. The molecule has 1 aliphatic carbocycles. The van der Waals surface area contributed by atoms with Gasteiger partial charge in [0.1, 0.15) is 5.82 Å². The number of rotatable bonds is 7. The highest BCUT2D eigenvalue weighted by atomic mass is 19.1. The van der Waals surface area contributed by atoms with E-state index in [0.717, 1.165) is 11.1 Å². The van der Waals surface area contributed by atoms with E-state index >= 15 is 0 Å². The highest BCUT2D eigenvalue weighted by Gasteiger charge is 2.35. The van der Waals surface area contributed by atoms with Crippen molar-refractivity contribution in [1.29, 1.82) is 0 Å². The molecule has 26 heavy (non-hydrogen) atoms. The fourth-order valence-electron chi connectivity index (χ4n) is 3.27. The molecule has 1 amide bonds. The fraction of sp³-hybridized carbons (Fsp3) is 0.400. The van der Waals surface area contributed by atoms with Crippen LogP contribution >= 0.6 is 0 Å². The van der Waals surface area contributed by atoms with E-state index < -0.39 is 0 Å². The summed E-state index contributed by atoms with van der Waals surface area (Å²) in [6.45, 7) is 0. The van der Waals surface area contributed by atoms with Gasteiger partial charge in [-0.05, 0) is 48.4 Å². The van der Waals surface area contributed by atoms with Gasteiger partial charge in [-0.3, -0.25) is 4.79 Å². The summed E-state index contributed by atoms with van der Waals surface area (Å²) in [5, 5.41) is 12.7. The number of aliphatic hydroxyl groups is 1. The maximum Gasteiger partial charge on any atom is 0.220 e. The molecule has 1 fully saturated rings. The third-order valence-electron chi connectivity index (χ3n) is 4.79. The second-order valence-corrected chi connectivity index (χ2v) is 6.69. The fourth-order valence-corrected chi connectivity index (χ4v) is 3.27. The Bertz CT molecular complexity index is 745. The maximum absolute atomic E-state index is 13.2. The van der Waals surface area contributed by atoms with Crippen LogP contribution in [-0.4, -0.2) is 29.2 Å². The summed E-state index contributed by atoms with van der Waals surface area (Å²) < 4.78 is 18.3. The van der Waals surface area contributed by atoms with E-state index in [1.807, 2.05) is 12.1 Å². The first-order chi connectivity index (χ1) is 12.5. The lowest BCUT2D eigenvalue weighted by Gasteiger charge is -2.38. The molecule has 0 unspecified atom stereocenters. The molecule has 1 heterocycles. The average Bonchev–Trinajstić information content (AvgIpc) is 2.62. The van der Waals surface area contributed by atoms with Crippen LogP contribution in [0.5, 0.6) is 5.88 Å². The zero-order chi connectivity index (χ0) is 18.5. The Kier molecular flexibility index (Phi) is 5.83. The molecular weight excluding hydrogens is 335 g/mol. The van der Waals surface area contributed by atoms with Gasteiger partial charge in [-0.15, -0.1) is 0 Å². The molecule has 138 valence electrons. The second kappa shape index (κ2) is 8.27. The van der Waals surface area contributed by atoms with E-state index in [0.29, 0.717) is 25.1 Å². The van der Waals surface area contributed by atoms with E-state index in [1.165, 1.54) is 12.1 Å². The summed E-state index contributed by atoms with van der Waals surface area (Å²) in [6.07, 6.45) is 3.45. The molecule has 1 aromatic heterocycles. The van der Waals surface area contributed by atoms with Crippen LogP contribution in [-0.2, 0) is 11.2 Å². The number of hydrogen-bond acceptors (Lipinski definition) is 4. The van der Waals surface area contributed by atoms with Crippen molar-refractivity contribution in [2.45, 2.75) is 37.8 Å². The summed E-state index contributed by atoms with van der Waals surface area (Å²) >= 11 is 0. The lowest BCUT2D eigenvalue weighted by atomic mass is 9.75. The zero-order valence-electron chi connectivity index (χ0n) is 14.7. The van der Waals surface area contributed by atoms with E-state index in [9.17, 15) is 14.3 Å². The van der Waals surface area contributed by atoms with Gasteiger partial charge in [0, 0.05) is 18.7 Å². The van der Waals surface area contributed by atoms with Gasteiger partial charge in [0.05, 0.1) is 19.3 Å². The molecule has 0 radical (unpaired) electrons. The third kappa shape index (κ3) is 4.58. The number of aliphatic hydroxyl groups excluding tert-OH is 1. The number of methoxy groups -OCH3 is 1. The van der Waals surface area contributed by atoms with Gasteiger partial charge < -0.3 is 15.2 Å². The number of carbonyl (C=O) groups excluding carboxylic acids is 1. The Hall–Kier alpha value is -2.47. The molecule has 6 heteroatoms. The molecule has 2 aromatic rings. The van der Waals surface area contributed by atoms with Crippen molar-refractivity contribution >= 4 is 5.91 Å². The van der Waals surface area contributed by atoms with Crippen molar-refractivity contribution in [3.05, 3.63) is 59.5 Å². The number of carbonyl (C=O) groups is 1. The topological polar surface area (TPSA) is 71.5 Å². The Labute approximate surface area is 152 Å². The standard InChI is InChI=1S/C20H23FN2O3/c1-26-19-8-6-14(12-22-19)20(15-10-17(24)11-15)23-18(25)7-5-13-3-2-4-16(21)9-13/h2-4,6,8-9,12,15,17,20,24H,5,7,10-11H2,1H3,(H,23,25)/t15?,17?,20-/m1/s1. The molecule has 2 N–H and O–H groups in total. The van der Waals surface area contributed by atoms with Crippen molar-refractivity contribution in [3.63, 3.8) is 0 Å². The normalized spacial score (nSPS) is 20.1. The SMILES string of the molecule is COc1ccc([C@@H](NC(=O)CCc2cccc(F)c2)C2CC(O)C2)cn1. The number of nitrogens with zero attached hydrogens (tertiary/aromatic N) is 1. The number of hydrogen-bond donors (Lipinski definition) is 2. The van der Waals surface area contributed by atoms with Crippen LogP contribution in [0.3, 0.4) is 0 Å². The molecule has 1 atom stereocenters. The number of amides is 1. The summed E-state index contributed by atoms with van der Waals surface area (Å²) in [7, 11) is 1.55. The molecule has 0 spiro atoms. The first-order valence-corrected chi connectivity index (χ1v) is 8.77. The highest BCUT2D eigenvalue weighted by molar-refractivity contribution is 5.76. The molecule has 5 nitrogen and oxygen atoms in total. The van der Waals surface area contributed by atoms with E-state index in [4.69, 9.17) is 4.74 Å². The number of aryl methyl sites for hydroxylation is 1. The van der Waals surface area contributed by atoms with E-state index in [-0.39, 0.29) is 36.2 Å². The minimum atomic E-state index is -0.307. The van der Waals surface area contributed by atoms with Crippen molar-refractivity contribution in [2.24, 2.45) is 5.92 Å². The van der Waals surface area contributed by atoms with Crippen LogP contribution < -0.4 is 10.1 Å². The summed E-state index contributed by atoms with van der Waals surface area (Å²) in [6, 6.07) is 9.73. The summed E-state index contributed by atoms with van der Waals surface area (Å²) in [4.78, 5) is 16.6. The van der Waals surface area contributed by atoms with Crippen LogP contribution in [0.4, 0.5) is 4.39 Å². The van der Waals surface area contributed by atoms with Gasteiger partial charge in [0.25, 0.3) is 0 Å². The first-order valence-electron chi connectivity index (χ1n) is 8.77. The first kappa shape index (κ1) is 18.3. The number of pyridine rings is 1. The number of aromatic nitrogens is 1. The van der Waals surface area contributed by atoms with Crippen LogP contribution in [0.1, 0.15) is 36.4 Å². The maximum atomic E-state index is 13.2. The predicted octanol–water partition coefficient (Wildman–Crippen LogP) is 2.79. The number of ether oxygens (including phenoxy) is 1. The van der Waals surface area contributed by atoms with Crippen molar-refractivity contribution in [1.82, 2.24) is 10.3 Å². The Morgan fingerprint density at radius 3 is 2.81 bits per heavy atom. The number of benzene rings is 1. The predicted molar refractivity (Wildman–Crippen MR) is 95.1 cm³/mol. The van der Waals surface area contributed by atoms with Gasteiger partial charge in [-0.2, -0.15) is 0 Å². The average molecular weight is 358 g/mol. The molecule has 0 bridgehead atoms. The number of halogens is 1. The van der Waals surface area contributed by atoms with Crippen molar-refractivity contribution in [3.8, 4) is 5.88 Å². The van der Waals surface area contributed by atoms with Crippen molar-refractivity contribution in [2.75, 3.05) is 7.11 Å². The molecule has 1 aliphatic rings. The van der Waals surface area contributed by atoms with Gasteiger partial charge >= 0.3 is 0 Å². The summed E-state index contributed by atoms with van der Waals surface area (Å²) in [5.41, 5.74) is 1.68. The quantitative estimate of drug-likeness (QED) is 0.798. The van der Waals surface area contributed by atoms with Gasteiger partial charge in [0.15, 0.2) is 0 Å².